The van der Waals surface area contributed by atoms with Crippen molar-refractivity contribution >= 4 is 22.0 Å². The average Bonchev–Trinajstić information content (AvgIpc) is 2.50. The largest absolute Gasteiger partial charge is 0.481 e. The maximum atomic E-state index is 13.2. The van der Waals surface area contributed by atoms with E-state index in [0.717, 1.165) is 13.2 Å². The van der Waals surface area contributed by atoms with Gasteiger partial charge in [-0.05, 0) is 38.5 Å². The smallest absolute Gasteiger partial charge is 0.417 e. The van der Waals surface area contributed by atoms with Gasteiger partial charge in [-0.3, -0.25) is 4.79 Å². The van der Waals surface area contributed by atoms with Gasteiger partial charge in [0.25, 0.3) is 0 Å². The Bertz CT molecular complexity index is 802. The van der Waals surface area contributed by atoms with Crippen molar-refractivity contribution in [1.82, 2.24) is 4.72 Å². The Kier molecular flexibility index (Phi) is 6.42. The summed E-state index contributed by atoms with van der Waals surface area (Å²) >= 11 is 0. The highest BCUT2D eigenvalue weighted by Gasteiger charge is 2.37. The van der Waals surface area contributed by atoms with Crippen molar-refractivity contribution < 1.29 is 41.0 Å². The van der Waals surface area contributed by atoms with Gasteiger partial charge in [-0.25, -0.2) is 17.9 Å². The molecule has 26 heavy (non-hydrogen) atoms. The van der Waals surface area contributed by atoms with Crippen LogP contribution in [-0.4, -0.2) is 38.1 Å². The van der Waals surface area contributed by atoms with Gasteiger partial charge in [-0.1, -0.05) is 0 Å². The molecule has 0 fully saturated rings. The molecular formula is C15H18F3NO6S. The van der Waals surface area contributed by atoms with Crippen LogP contribution in [0.5, 0.6) is 0 Å². The fourth-order valence-corrected chi connectivity index (χ4v) is 3.57. The quantitative estimate of drug-likeness (QED) is 0.684. The summed E-state index contributed by atoms with van der Waals surface area (Å²) < 4.78 is 70.7. The Labute approximate surface area is 148 Å². The van der Waals surface area contributed by atoms with Crippen molar-refractivity contribution in [2.75, 3.05) is 7.11 Å². The van der Waals surface area contributed by atoms with Gasteiger partial charge in [-0.2, -0.15) is 13.2 Å². The fourth-order valence-electron chi connectivity index (χ4n) is 2.11. The topological polar surface area (TPSA) is 110 Å². The molecule has 0 saturated heterocycles. The predicted molar refractivity (Wildman–Crippen MR) is 84.1 cm³/mol. The summed E-state index contributed by atoms with van der Waals surface area (Å²) in [6.45, 7) is 2.81. The summed E-state index contributed by atoms with van der Waals surface area (Å²) in [7, 11) is -3.49. The Balaban J connectivity index is 3.29. The van der Waals surface area contributed by atoms with Crippen molar-refractivity contribution in [2.45, 2.75) is 43.3 Å². The van der Waals surface area contributed by atoms with Crippen LogP contribution in [0, 0.1) is 0 Å². The lowest BCUT2D eigenvalue weighted by Gasteiger charge is -2.25. The summed E-state index contributed by atoms with van der Waals surface area (Å²) in [5, 5.41) is 8.68. The minimum atomic E-state index is -4.98. The summed E-state index contributed by atoms with van der Waals surface area (Å²) in [4.78, 5) is 21.4. The number of ether oxygens (including phenoxy) is 1. The van der Waals surface area contributed by atoms with E-state index in [9.17, 15) is 31.2 Å². The van der Waals surface area contributed by atoms with Gasteiger partial charge < -0.3 is 9.84 Å². The van der Waals surface area contributed by atoms with Crippen LogP contribution in [0.25, 0.3) is 0 Å². The lowest BCUT2D eigenvalue weighted by atomic mass is 10.0. The van der Waals surface area contributed by atoms with E-state index in [1.54, 1.807) is 0 Å². The zero-order valence-corrected chi connectivity index (χ0v) is 15.0. The Morgan fingerprint density at radius 1 is 1.23 bits per heavy atom. The van der Waals surface area contributed by atoms with Crippen LogP contribution in [-0.2, 0) is 25.7 Å². The predicted octanol–water partition coefficient (Wildman–Crippen LogP) is 2.41. The molecule has 7 nitrogen and oxygen atoms in total. The summed E-state index contributed by atoms with van der Waals surface area (Å²) in [5.74, 6) is -2.39. The molecule has 0 bridgehead atoms. The molecule has 0 atom stereocenters. The molecule has 0 spiro atoms. The molecule has 0 aliphatic heterocycles. The highest BCUT2D eigenvalue weighted by atomic mass is 32.2. The van der Waals surface area contributed by atoms with E-state index in [2.05, 4.69) is 9.46 Å². The first-order chi connectivity index (χ1) is 11.7. The van der Waals surface area contributed by atoms with E-state index >= 15 is 0 Å². The number of nitrogens with one attached hydrogen (secondary N) is 1. The molecule has 0 radical (unpaired) electrons. The molecule has 2 N–H and O–H groups in total. The molecule has 0 heterocycles. The van der Waals surface area contributed by atoms with E-state index in [-0.39, 0.29) is 12.8 Å². The van der Waals surface area contributed by atoms with Crippen LogP contribution < -0.4 is 4.72 Å². The second kappa shape index (κ2) is 7.62. The Hall–Kier alpha value is -2.14. The van der Waals surface area contributed by atoms with Crippen molar-refractivity contribution in [2.24, 2.45) is 0 Å². The number of carboxylic acid groups (broad SMARTS) is 1. The summed E-state index contributed by atoms with van der Waals surface area (Å²) in [6.07, 6.45) is -5.38. The minimum Gasteiger partial charge on any atom is -0.481 e. The zero-order chi connectivity index (χ0) is 20.3. The van der Waals surface area contributed by atoms with E-state index < -0.39 is 49.7 Å². The van der Waals surface area contributed by atoms with E-state index in [1.165, 1.54) is 13.8 Å². The molecule has 0 aromatic heterocycles. The number of carbonyl (C=O) groups excluding carboxylic acids is 1. The minimum absolute atomic E-state index is 0.0755. The molecule has 0 saturated carbocycles. The van der Waals surface area contributed by atoms with Crippen LogP contribution >= 0.6 is 0 Å². The van der Waals surface area contributed by atoms with Gasteiger partial charge in [0.15, 0.2) is 0 Å². The molecule has 146 valence electrons. The van der Waals surface area contributed by atoms with Crippen molar-refractivity contribution in [1.29, 1.82) is 0 Å². The van der Waals surface area contributed by atoms with E-state index in [4.69, 9.17) is 5.11 Å². The number of aliphatic carboxylic acids is 1. The van der Waals surface area contributed by atoms with Crippen molar-refractivity contribution in [3.8, 4) is 0 Å². The normalized spacial score (nSPS) is 12.7. The first-order valence-electron chi connectivity index (χ1n) is 7.25. The number of carboxylic acids is 1. The number of halogens is 3. The van der Waals surface area contributed by atoms with Crippen molar-refractivity contribution in [3.05, 3.63) is 29.3 Å². The number of benzene rings is 1. The van der Waals surface area contributed by atoms with Gasteiger partial charge in [-0.15, -0.1) is 0 Å². The maximum absolute atomic E-state index is 13.2. The molecule has 0 amide bonds. The van der Waals surface area contributed by atoms with Gasteiger partial charge in [0.05, 0.1) is 23.1 Å². The SMILES string of the molecule is COC(=O)c1ccc(S(=O)(=O)NC(C)(C)CCC(=O)O)cc1C(F)(F)F. The molecule has 1 aromatic carbocycles. The molecule has 1 rings (SSSR count). The molecular weight excluding hydrogens is 379 g/mol. The number of rotatable bonds is 7. The number of hydrogen-bond donors (Lipinski definition) is 2. The number of hydrogen-bond acceptors (Lipinski definition) is 5. The Morgan fingerprint density at radius 2 is 1.81 bits per heavy atom. The standard InChI is InChI=1S/C15H18F3NO6S/c1-14(2,7-6-12(20)21)19-26(23,24)9-4-5-10(13(22)25-3)11(8-9)15(16,17)18/h4-5,8,19H,6-7H2,1-3H3,(H,20,21). The van der Waals surface area contributed by atoms with Gasteiger partial charge in [0.2, 0.25) is 10.0 Å². The van der Waals surface area contributed by atoms with Crippen LogP contribution in [0.4, 0.5) is 13.2 Å². The fraction of sp³-hybridized carbons (Fsp3) is 0.467. The van der Waals surface area contributed by atoms with Crippen LogP contribution in [0.1, 0.15) is 42.6 Å². The van der Waals surface area contributed by atoms with Gasteiger partial charge in [0.1, 0.15) is 0 Å². The summed E-state index contributed by atoms with van der Waals surface area (Å²) in [5.41, 5.74) is -3.48. The molecule has 0 unspecified atom stereocenters. The highest BCUT2D eigenvalue weighted by Crippen LogP contribution is 2.34. The monoisotopic (exact) mass is 397 g/mol. The highest BCUT2D eigenvalue weighted by molar-refractivity contribution is 7.89. The average molecular weight is 397 g/mol. The second-order valence-electron chi connectivity index (χ2n) is 6.08. The molecule has 1 aromatic rings. The van der Waals surface area contributed by atoms with Crippen molar-refractivity contribution in [3.63, 3.8) is 0 Å². The Morgan fingerprint density at radius 3 is 2.27 bits per heavy atom. The third-order valence-electron chi connectivity index (χ3n) is 3.39. The molecule has 0 aliphatic carbocycles. The number of esters is 1. The van der Waals surface area contributed by atoms with Gasteiger partial charge >= 0.3 is 18.1 Å². The number of carbonyl (C=O) groups is 2. The molecule has 11 heteroatoms. The lowest BCUT2D eigenvalue weighted by Crippen LogP contribution is -2.43. The van der Waals surface area contributed by atoms with E-state index in [1.807, 2.05) is 0 Å². The zero-order valence-electron chi connectivity index (χ0n) is 14.2. The lowest BCUT2D eigenvalue weighted by molar-refractivity contribution is -0.138. The summed E-state index contributed by atoms with van der Waals surface area (Å²) in [6, 6.07) is 1.90. The number of alkyl halides is 3. The first kappa shape index (κ1) is 21.9. The third kappa shape index (κ3) is 5.70. The van der Waals surface area contributed by atoms with Gasteiger partial charge in [0, 0.05) is 12.0 Å². The van der Waals surface area contributed by atoms with Crippen LogP contribution in [0.2, 0.25) is 0 Å². The number of sulfonamides is 1. The van der Waals surface area contributed by atoms with E-state index in [0.29, 0.717) is 12.1 Å². The first-order valence-corrected chi connectivity index (χ1v) is 8.73. The second-order valence-corrected chi connectivity index (χ2v) is 7.76. The van der Waals surface area contributed by atoms with Crippen LogP contribution in [0.3, 0.4) is 0 Å². The molecule has 0 aliphatic rings. The maximum Gasteiger partial charge on any atom is 0.417 e. The number of methoxy groups -OCH3 is 1. The van der Waals surface area contributed by atoms with Crippen LogP contribution in [0.15, 0.2) is 23.1 Å². The third-order valence-corrected chi connectivity index (χ3v) is 5.08.